The van der Waals surface area contributed by atoms with Gasteiger partial charge < -0.3 is 10.2 Å². The summed E-state index contributed by atoms with van der Waals surface area (Å²) in [5, 5.41) is 3.01. The minimum absolute atomic E-state index is 0.0619. The molecule has 1 heterocycles. The Morgan fingerprint density at radius 1 is 1.07 bits per heavy atom. The number of anilines is 1. The maximum absolute atomic E-state index is 13.9. The molecule has 2 amide bonds. The topological polar surface area (TPSA) is 49.4 Å². The van der Waals surface area contributed by atoms with E-state index in [0.29, 0.717) is 37.9 Å². The van der Waals surface area contributed by atoms with Gasteiger partial charge in [0.25, 0.3) is 5.91 Å². The van der Waals surface area contributed by atoms with E-state index in [4.69, 9.17) is 0 Å². The van der Waals surface area contributed by atoms with E-state index < -0.39 is 17.5 Å². The summed E-state index contributed by atoms with van der Waals surface area (Å²) >= 11 is 0. The van der Waals surface area contributed by atoms with Crippen molar-refractivity contribution in [3.63, 3.8) is 0 Å². The van der Waals surface area contributed by atoms with Crippen LogP contribution in [0.3, 0.4) is 0 Å². The maximum Gasteiger partial charge on any atom is 0.256 e. The number of nitrogens with zero attached hydrogens (tertiary/aromatic N) is 1. The normalized spacial score (nSPS) is 15.0. The summed E-state index contributed by atoms with van der Waals surface area (Å²) < 4.78 is 26.9. The Kier molecular flexibility index (Phi) is 6.07. The van der Waals surface area contributed by atoms with E-state index in [0.717, 1.165) is 23.4 Å². The number of hydrogen-bond acceptors (Lipinski definition) is 2. The third-order valence-electron chi connectivity index (χ3n) is 5.16. The number of nitrogens with one attached hydrogen (secondary N) is 1. The fraction of sp³-hybridized carbons (Fsp3) is 0.364. The Morgan fingerprint density at radius 2 is 1.75 bits per heavy atom. The zero-order valence-corrected chi connectivity index (χ0v) is 16.0. The fourth-order valence-electron chi connectivity index (χ4n) is 3.53. The van der Waals surface area contributed by atoms with Crippen LogP contribution in [0, 0.1) is 17.6 Å². The van der Waals surface area contributed by atoms with Crippen LogP contribution < -0.4 is 5.32 Å². The summed E-state index contributed by atoms with van der Waals surface area (Å²) in [6, 6.07) is 10.7. The number of halogens is 2. The van der Waals surface area contributed by atoms with Gasteiger partial charge in [-0.3, -0.25) is 9.59 Å². The number of hydrogen-bond donors (Lipinski definition) is 1. The number of likely N-dealkylation sites (tertiary alicyclic amines) is 1. The number of carbonyl (C=O) groups excluding carboxylic acids is 2. The molecule has 2 aromatic carbocycles. The Labute approximate surface area is 163 Å². The average molecular weight is 386 g/mol. The van der Waals surface area contributed by atoms with Crippen LogP contribution in [-0.4, -0.2) is 29.8 Å². The summed E-state index contributed by atoms with van der Waals surface area (Å²) in [5.74, 6) is -2.03. The van der Waals surface area contributed by atoms with E-state index in [1.165, 1.54) is 4.90 Å². The van der Waals surface area contributed by atoms with Crippen molar-refractivity contribution < 1.29 is 18.4 Å². The third-order valence-corrected chi connectivity index (χ3v) is 5.16. The molecule has 0 radical (unpaired) electrons. The SMILES string of the molecule is CC(C)c1ccccc1NC(=O)C1CCN(C(=O)c2ccc(F)cc2F)CC1. The Balaban J connectivity index is 1.61. The van der Waals surface area contributed by atoms with Crippen LogP contribution in [-0.2, 0) is 4.79 Å². The molecule has 0 saturated carbocycles. The molecule has 2 aromatic rings. The van der Waals surface area contributed by atoms with Gasteiger partial charge in [0.15, 0.2) is 0 Å². The maximum atomic E-state index is 13.9. The van der Waals surface area contributed by atoms with Crippen LogP contribution in [0.4, 0.5) is 14.5 Å². The molecule has 0 unspecified atom stereocenters. The smallest absolute Gasteiger partial charge is 0.256 e. The van der Waals surface area contributed by atoms with Crippen molar-refractivity contribution in [1.29, 1.82) is 0 Å². The standard InChI is InChI=1S/C22H24F2N2O2/c1-14(2)17-5-3-4-6-20(17)25-21(27)15-9-11-26(12-10-15)22(28)18-8-7-16(23)13-19(18)24/h3-8,13-15H,9-12H2,1-2H3,(H,25,27). The minimum Gasteiger partial charge on any atom is -0.339 e. The van der Waals surface area contributed by atoms with Crippen molar-refractivity contribution in [2.75, 3.05) is 18.4 Å². The Hall–Kier alpha value is -2.76. The highest BCUT2D eigenvalue weighted by Gasteiger charge is 2.29. The minimum atomic E-state index is -0.866. The zero-order chi connectivity index (χ0) is 20.3. The number of piperidine rings is 1. The fourth-order valence-corrected chi connectivity index (χ4v) is 3.53. The van der Waals surface area contributed by atoms with Gasteiger partial charge in [-0.1, -0.05) is 32.0 Å². The van der Waals surface area contributed by atoms with Gasteiger partial charge in [-0.2, -0.15) is 0 Å². The molecule has 148 valence electrons. The summed E-state index contributed by atoms with van der Waals surface area (Å²) in [6.45, 7) is 4.87. The number of carbonyl (C=O) groups is 2. The van der Waals surface area contributed by atoms with Gasteiger partial charge in [0, 0.05) is 30.8 Å². The quantitative estimate of drug-likeness (QED) is 0.836. The predicted molar refractivity (Wildman–Crippen MR) is 104 cm³/mol. The number of para-hydroxylation sites is 1. The molecule has 0 spiro atoms. The molecule has 6 heteroatoms. The Bertz CT molecular complexity index is 875. The van der Waals surface area contributed by atoms with Crippen LogP contribution in [0.5, 0.6) is 0 Å². The second-order valence-corrected chi connectivity index (χ2v) is 7.42. The van der Waals surface area contributed by atoms with Gasteiger partial charge in [-0.05, 0) is 42.5 Å². The molecule has 1 saturated heterocycles. The lowest BCUT2D eigenvalue weighted by Crippen LogP contribution is -2.41. The lowest BCUT2D eigenvalue weighted by Gasteiger charge is -2.31. The first kappa shape index (κ1) is 20.0. The summed E-state index contributed by atoms with van der Waals surface area (Å²) in [5.41, 5.74) is 1.75. The van der Waals surface area contributed by atoms with Gasteiger partial charge in [-0.25, -0.2) is 8.78 Å². The van der Waals surface area contributed by atoms with E-state index in [-0.39, 0.29) is 17.4 Å². The van der Waals surface area contributed by atoms with Crippen molar-refractivity contribution in [2.24, 2.45) is 5.92 Å². The van der Waals surface area contributed by atoms with Crippen LogP contribution in [0.1, 0.15) is 48.5 Å². The molecule has 0 bridgehead atoms. The van der Waals surface area contributed by atoms with E-state index in [1.54, 1.807) is 0 Å². The van der Waals surface area contributed by atoms with Crippen molar-refractivity contribution in [1.82, 2.24) is 4.90 Å². The van der Waals surface area contributed by atoms with Crippen LogP contribution in [0.15, 0.2) is 42.5 Å². The first-order chi connectivity index (χ1) is 13.4. The van der Waals surface area contributed by atoms with Crippen LogP contribution in [0.25, 0.3) is 0 Å². The number of rotatable bonds is 4. The monoisotopic (exact) mass is 386 g/mol. The molecule has 0 aromatic heterocycles. The van der Waals surface area contributed by atoms with Crippen LogP contribution >= 0.6 is 0 Å². The molecule has 28 heavy (non-hydrogen) atoms. The highest BCUT2D eigenvalue weighted by atomic mass is 19.1. The van der Waals surface area contributed by atoms with Gasteiger partial charge in [0.2, 0.25) is 5.91 Å². The zero-order valence-electron chi connectivity index (χ0n) is 16.0. The molecule has 1 fully saturated rings. The second-order valence-electron chi connectivity index (χ2n) is 7.42. The van der Waals surface area contributed by atoms with Crippen molar-refractivity contribution >= 4 is 17.5 Å². The van der Waals surface area contributed by atoms with Crippen molar-refractivity contribution in [2.45, 2.75) is 32.6 Å². The second kappa shape index (κ2) is 8.50. The predicted octanol–water partition coefficient (Wildman–Crippen LogP) is 4.58. The first-order valence-electron chi connectivity index (χ1n) is 9.51. The largest absolute Gasteiger partial charge is 0.339 e. The lowest BCUT2D eigenvalue weighted by molar-refractivity contribution is -0.121. The van der Waals surface area contributed by atoms with Crippen molar-refractivity contribution in [3.8, 4) is 0 Å². The molecule has 1 N–H and O–H groups in total. The first-order valence-corrected chi connectivity index (χ1v) is 9.51. The van der Waals surface area contributed by atoms with Crippen molar-refractivity contribution in [3.05, 3.63) is 65.2 Å². The number of benzene rings is 2. The third kappa shape index (κ3) is 4.38. The average Bonchev–Trinajstić information content (AvgIpc) is 2.68. The molecule has 1 aliphatic heterocycles. The molecular formula is C22H24F2N2O2. The van der Waals surface area contributed by atoms with Crippen LogP contribution in [0.2, 0.25) is 0 Å². The van der Waals surface area contributed by atoms with Gasteiger partial charge in [-0.15, -0.1) is 0 Å². The molecule has 0 aliphatic carbocycles. The molecular weight excluding hydrogens is 362 g/mol. The molecule has 3 rings (SSSR count). The van der Waals surface area contributed by atoms with Gasteiger partial charge in [0.05, 0.1) is 5.56 Å². The summed E-state index contributed by atoms with van der Waals surface area (Å²) in [6.07, 6.45) is 1.01. The molecule has 1 aliphatic rings. The number of amides is 2. The lowest BCUT2D eigenvalue weighted by atomic mass is 9.94. The van der Waals surface area contributed by atoms with E-state index in [2.05, 4.69) is 19.2 Å². The van der Waals surface area contributed by atoms with E-state index in [9.17, 15) is 18.4 Å². The van der Waals surface area contributed by atoms with Gasteiger partial charge in [0.1, 0.15) is 11.6 Å². The highest BCUT2D eigenvalue weighted by molar-refractivity contribution is 5.95. The molecule has 0 atom stereocenters. The van der Waals surface area contributed by atoms with E-state index in [1.807, 2.05) is 24.3 Å². The Morgan fingerprint density at radius 3 is 2.39 bits per heavy atom. The highest BCUT2D eigenvalue weighted by Crippen LogP contribution is 2.26. The van der Waals surface area contributed by atoms with E-state index >= 15 is 0 Å². The molecule has 4 nitrogen and oxygen atoms in total. The summed E-state index contributed by atoms with van der Waals surface area (Å²) in [4.78, 5) is 26.7. The van der Waals surface area contributed by atoms with Gasteiger partial charge >= 0.3 is 0 Å². The summed E-state index contributed by atoms with van der Waals surface area (Å²) in [7, 11) is 0.